The quantitative estimate of drug-likeness (QED) is 0.491. The molecule has 7 nitrogen and oxygen atoms in total. The Morgan fingerprint density at radius 2 is 2.19 bits per heavy atom. The van der Waals surface area contributed by atoms with Crippen LogP contribution < -0.4 is 16.2 Å². The normalized spacial score (nSPS) is 10.6. The van der Waals surface area contributed by atoms with Gasteiger partial charge in [-0.2, -0.15) is 0 Å². The Hall–Kier alpha value is -2.54. The Morgan fingerprint density at radius 3 is 2.81 bits per heavy atom. The van der Waals surface area contributed by atoms with Crippen molar-refractivity contribution in [1.29, 1.82) is 5.41 Å². The highest BCUT2D eigenvalue weighted by molar-refractivity contribution is 6.06. The number of benzene rings is 1. The van der Waals surface area contributed by atoms with Crippen LogP contribution in [0.5, 0.6) is 5.75 Å². The fourth-order valence-electron chi connectivity index (χ4n) is 2.03. The predicted molar refractivity (Wildman–Crippen MR) is 81.6 cm³/mol. The van der Waals surface area contributed by atoms with E-state index in [9.17, 15) is 4.79 Å². The Kier molecular flexibility index (Phi) is 4.13. The van der Waals surface area contributed by atoms with Crippen molar-refractivity contribution in [2.45, 2.75) is 6.92 Å². The van der Waals surface area contributed by atoms with Crippen molar-refractivity contribution in [3.05, 3.63) is 29.5 Å². The summed E-state index contributed by atoms with van der Waals surface area (Å²) in [4.78, 5) is 16.3. The zero-order valence-electron chi connectivity index (χ0n) is 12.1. The highest BCUT2D eigenvalue weighted by atomic mass is 16.5. The van der Waals surface area contributed by atoms with Gasteiger partial charge in [-0.1, -0.05) is 6.07 Å². The van der Waals surface area contributed by atoms with Crippen molar-refractivity contribution >= 4 is 22.8 Å². The van der Waals surface area contributed by atoms with Crippen molar-refractivity contribution < 1.29 is 9.53 Å². The van der Waals surface area contributed by atoms with Gasteiger partial charge in [0.25, 0.3) is 5.91 Å². The first-order valence-corrected chi connectivity index (χ1v) is 6.53. The molecule has 0 fully saturated rings. The minimum absolute atomic E-state index is 0.310. The van der Waals surface area contributed by atoms with Crippen molar-refractivity contribution in [1.82, 2.24) is 9.88 Å². The average Bonchev–Trinajstić information content (AvgIpc) is 2.91. The van der Waals surface area contributed by atoms with Crippen LogP contribution in [0, 0.1) is 12.3 Å². The monoisotopic (exact) mass is 289 g/mol. The van der Waals surface area contributed by atoms with Gasteiger partial charge in [-0.15, -0.1) is 0 Å². The summed E-state index contributed by atoms with van der Waals surface area (Å²) in [5.74, 6) is -0.0385. The van der Waals surface area contributed by atoms with Gasteiger partial charge in [0, 0.05) is 19.0 Å². The molecule has 112 valence electrons. The number of carbonyl (C=O) groups is 1. The minimum atomic E-state index is -0.372. The number of nitrogens with one attached hydrogen (secondary N) is 2. The molecule has 2 aromatic rings. The van der Waals surface area contributed by atoms with E-state index in [0.29, 0.717) is 24.6 Å². The number of carbonyl (C=O) groups excluding carboxylic acids is 1. The predicted octanol–water partition coefficient (Wildman–Crippen LogP) is 0.779. The second-order valence-electron chi connectivity index (χ2n) is 4.74. The van der Waals surface area contributed by atoms with Crippen LogP contribution in [0.1, 0.15) is 16.1 Å². The van der Waals surface area contributed by atoms with Gasteiger partial charge in [-0.05, 0) is 24.6 Å². The number of hydrogen-bond donors (Lipinski definition) is 4. The van der Waals surface area contributed by atoms with Gasteiger partial charge in [-0.25, -0.2) is 0 Å². The molecule has 0 unspecified atom stereocenters. The van der Waals surface area contributed by atoms with Crippen molar-refractivity contribution in [3.8, 4) is 5.75 Å². The van der Waals surface area contributed by atoms with E-state index in [1.807, 2.05) is 19.1 Å². The largest absolute Gasteiger partial charge is 0.490 e. The first-order valence-electron chi connectivity index (χ1n) is 6.53. The van der Waals surface area contributed by atoms with E-state index in [1.54, 1.807) is 6.07 Å². The second kappa shape index (κ2) is 5.84. The summed E-state index contributed by atoms with van der Waals surface area (Å²) in [5, 5.41) is 8.21. The second-order valence-corrected chi connectivity index (χ2v) is 4.74. The van der Waals surface area contributed by atoms with Gasteiger partial charge in [0.05, 0.1) is 5.52 Å². The molecule has 0 saturated carbocycles. The molecule has 21 heavy (non-hydrogen) atoms. The standard InChI is InChI=1S/C14H19N5O2/c1-8-3-4-11(21-6-5-15)12-9(8)7-10(18-12)13(20)19(2)14(16)17/h3-4,7,18H,5-6,15H2,1-2H3,(H3,16,17). The third-order valence-corrected chi connectivity index (χ3v) is 3.25. The molecule has 7 heteroatoms. The molecular formula is C14H19N5O2. The molecule has 0 atom stereocenters. The third kappa shape index (κ3) is 2.82. The highest BCUT2D eigenvalue weighted by Gasteiger charge is 2.18. The number of hydrogen-bond acceptors (Lipinski definition) is 4. The molecule has 0 aliphatic heterocycles. The number of rotatable bonds is 4. The molecule has 6 N–H and O–H groups in total. The molecule has 0 radical (unpaired) electrons. The van der Waals surface area contributed by atoms with E-state index in [4.69, 9.17) is 21.6 Å². The van der Waals surface area contributed by atoms with Crippen LogP contribution in [0.25, 0.3) is 10.9 Å². The maximum atomic E-state index is 12.2. The summed E-state index contributed by atoms with van der Waals surface area (Å²) < 4.78 is 5.58. The molecule has 2 rings (SSSR count). The molecule has 1 aromatic heterocycles. The summed E-state index contributed by atoms with van der Waals surface area (Å²) in [6.07, 6.45) is 0. The lowest BCUT2D eigenvalue weighted by Crippen LogP contribution is -2.38. The van der Waals surface area contributed by atoms with E-state index >= 15 is 0 Å². The average molecular weight is 289 g/mol. The van der Waals surface area contributed by atoms with E-state index in [1.165, 1.54) is 7.05 Å². The molecule has 0 bridgehead atoms. The van der Waals surface area contributed by atoms with Crippen LogP contribution in [0.2, 0.25) is 0 Å². The first kappa shape index (κ1) is 14.9. The Morgan fingerprint density at radius 1 is 1.48 bits per heavy atom. The van der Waals surface area contributed by atoms with Gasteiger partial charge < -0.3 is 21.2 Å². The van der Waals surface area contributed by atoms with Crippen LogP contribution in [-0.2, 0) is 0 Å². The number of nitrogens with zero attached hydrogens (tertiary/aromatic N) is 1. The molecule has 0 saturated heterocycles. The molecule has 1 aromatic carbocycles. The van der Waals surface area contributed by atoms with E-state index in [-0.39, 0.29) is 11.9 Å². The number of aryl methyl sites for hydroxylation is 1. The Labute approximate surface area is 122 Å². The lowest BCUT2D eigenvalue weighted by Gasteiger charge is -2.12. The summed E-state index contributed by atoms with van der Waals surface area (Å²) in [6.45, 7) is 2.76. The number of guanidine groups is 1. The van der Waals surface area contributed by atoms with Crippen LogP contribution in [0.3, 0.4) is 0 Å². The number of H-pyrrole nitrogens is 1. The van der Waals surface area contributed by atoms with Gasteiger partial charge >= 0.3 is 0 Å². The summed E-state index contributed by atoms with van der Waals surface area (Å²) in [7, 11) is 1.45. The number of ether oxygens (including phenoxy) is 1. The summed E-state index contributed by atoms with van der Waals surface area (Å²) >= 11 is 0. The SMILES string of the molecule is Cc1ccc(OCCN)c2[nH]c(C(=O)N(C)C(=N)N)cc12. The van der Waals surface area contributed by atoms with Crippen LogP contribution in [0.15, 0.2) is 18.2 Å². The Bertz CT molecular complexity index is 692. The van der Waals surface area contributed by atoms with E-state index in [0.717, 1.165) is 21.4 Å². The van der Waals surface area contributed by atoms with Crippen molar-refractivity contribution in [2.24, 2.45) is 11.5 Å². The number of aromatic nitrogens is 1. The van der Waals surface area contributed by atoms with Crippen LogP contribution in [-0.4, -0.2) is 41.9 Å². The molecule has 0 aliphatic rings. The molecular weight excluding hydrogens is 270 g/mol. The van der Waals surface area contributed by atoms with Crippen LogP contribution in [0.4, 0.5) is 0 Å². The fraction of sp³-hybridized carbons (Fsp3) is 0.286. The maximum Gasteiger partial charge on any atom is 0.276 e. The van der Waals surface area contributed by atoms with Gasteiger partial charge in [0.1, 0.15) is 18.1 Å². The van der Waals surface area contributed by atoms with Crippen molar-refractivity contribution in [2.75, 3.05) is 20.2 Å². The summed E-state index contributed by atoms with van der Waals surface area (Å²) in [5.41, 5.74) is 12.9. The zero-order valence-corrected chi connectivity index (χ0v) is 12.1. The first-order chi connectivity index (χ1) is 9.95. The fourth-order valence-corrected chi connectivity index (χ4v) is 2.03. The maximum absolute atomic E-state index is 12.2. The molecule has 1 heterocycles. The number of nitrogens with two attached hydrogens (primary N) is 2. The minimum Gasteiger partial charge on any atom is -0.490 e. The number of aromatic amines is 1. The lowest BCUT2D eigenvalue weighted by molar-refractivity contribution is 0.0864. The van der Waals surface area contributed by atoms with Gasteiger partial charge in [0.2, 0.25) is 0 Å². The number of fused-ring (bicyclic) bond motifs is 1. The smallest absolute Gasteiger partial charge is 0.276 e. The van der Waals surface area contributed by atoms with Gasteiger partial charge in [-0.3, -0.25) is 15.1 Å². The van der Waals surface area contributed by atoms with Crippen LogP contribution >= 0.6 is 0 Å². The highest BCUT2D eigenvalue weighted by Crippen LogP contribution is 2.29. The molecule has 1 amide bonds. The third-order valence-electron chi connectivity index (χ3n) is 3.25. The Balaban J connectivity index is 2.47. The topological polar surface area (TPSA) is 121 Å². The lowest BCUT2D eigenvalue weighted by atomic mass is 10.1. The van der Waals surface area contributed by atoms with Gasteiger partial charge in [0.15, 0.2) is 5.96 Å². The van der Waals surface area contributed by atoms with E-state index < -0.39 is 0 Å². The van der Waals surface area contributed by atoms with Crippen molar-refractivity contribution in [3.63, 3.8) is 0 Å². The molecule has 0 aliphatic carbocycles. The zero-order chi connectivity index (χ0) is 15.6. The van der Waals surface area contributed by atoms with E-state index in [2.05, 4.69) is 4.98 Å². The number of amides is 1. The molecule has 0 spiro atoms. The summed E-state index contributed by atoms with van der Waals surface area (Å²) in [6, 6.07) is 5.50.